The molecule has 1 aliphatic heterocycles. The van der Waals surface area contributed by atoms with Gasteiger partial charge in [-0.15, -0.1) is 11.3 Å². The first-order chi connectivity index (χ1) is 14.7. The number of aromatic nitrogens is 1. The van der Waals surface area contributed by atoms with Crippen molar-refractivity contribution in [2.24, 2.45) is 5.92 Å². The molecule has 2 amide bonds. The lowest BCUT2D eigenvalue weighted by Gasteiger charge is -2.36. The van der Waals surface area contributed by atoms with E-state index in [1.165, 1.54) is 25.7 Å². The SMILES string of the molecule is O=C(C1CCC1)N1CCC(c2nc(OC(=O)N(C3CCCCC3)C3CC3)cs2)CC1. The molecule has 4 aliphatic rings. The Kier molecular flexibility index (Phi) is 5.98. The van der Waals surface area contributed by atoms with Crippen LogP contribution in [0.1, 0.15) is 88.0 Å². The highest BCUT2D eigenvalue weighted by Gasteiger charge is 2.39. The minimum absolute atomic E-state index is 0.206. The van der Waals surface area contributed by atoms with E-state index in [1.54, 1.807) is 11.3 Å². The van der Waals surface area contributed by atoms with Crippen LogP contribution in [0.4, 0.5) is 4.79 Å². The van der Waals surface area contributed by atoms with E-state index in [9.17, 15) is 9.59 Å². The molecule has 3 aliphatic carbocycles. The predicted octanol–water partition coefficient (Wildman–Crippen LogP) is 4.95. The standard InChI is InChI=1S/C23H33N3O3S/c27-22(17-5-4-6-17)25-13-11-16(12-14-25)21-24-20(15-30-21)29-23(28)26(19-9-10-19)18-7-2-1-3-8-18/h15-19H,1-14H2. The summed E-state index contributed by atoms with van der Waals surface area (Å²) in [5.74, 6) is 1.46. The zero-order valence-electron chi connectivity index (χ0n) is 17.8. The number of amides is 2. The van der Waals surface area contributed by atoms with Gasteiger partial charge in [-0.3, -0.25) is 4.79 Å². The van der Waals surface area contributed by atoms with Crippen LogP contribution in [0.5, 0.6) is 5.88 Å². The van der Waals surface area contributed by atoms with E-state index in [1.807, 2.05) is 15.2 Å². The molecule has 0 radical (unpaired) electrons. The zero-order valence-corrected chi connectivity index (χ0v) is 18.6. The van der Waals surface area contributed by atoms with Crippen molar-refractivity contribution in [2.75, 3.05) is 13.1 Å². The molecule has 164 valence electrons. The van der Waals surface area contributed by atoms with Crippen molar-refractivity contribution in [1.82, 2.24) is 14.8 Å². The number of hydrogen-bond acceptors (Lipinski definition) is 5. The number of carbonyl (C=O) groups excluding carboxylic acids is 2. The Bertz CT molecular complexity index is 759. The Hall–Kier alpha value is -1.63. The van der Waals surface area contributed by atoms with Crippen LogP contribution in [0.3, 0.4) is 0 Å². The minimum Gasteiger partial charge on any atom is -0.390 e. The second-order valence-corrected chi connectivity index (χ2v) is 10.4. The number of rotatable bonds is 5. The molecule has 2 heterocycles. The number of hydrogen-bond donors (Lipinski definition) is 0. The third-order valence-electron chi connectivity index (χ3n) is 7.42. The number of nitrogens with zero attached hydrogens (tertiary/aromatic N) is 3. The van der Waals surface area contributed by atoms with Gasteiger partial charge in [-0.2, -0.15) is 0 Å². The first kappa shape index (κ1) is 20.3. The molecule has 5 rings (SSSR count). The van der Waals surface area contributed by atoms with E-state index >= 15 is 0 Å². The molecule has 0 atom stereocenters. The minimum atomic E-state index is -0.206. The Morgan fingerprint density at radius 3 is 2.27 bits per heavy atom. The van der Waals surface area contributed by atoms with Crippen molar-refractivity contribution >= 4 is 23.3 Å². The molecule has 30 heavy (non-hydrogen) atoms. The third-order valence-corrected chi connectivity index (χ3v) is 8.41. The summed E-state index contributed by atoms with van der Waals surface area (Å²) in [4.78, 5) is 34.1. The maximum absolute atomic E-state index is 12.9. The van der Waals surface area contributed by atoms with Crippen molar-refractivity contribution in [3.8, 4) is 5.88 Å². The van der Waals surface area contributed by atoms with Crippen LogP contribution in [-0.2, 0) is 4.79 Å². The monoisotopic (exact) mass is 431 g/mol. The molecule has 0 bridgehead atoms. The summed E-state index contributed by atoms with van der Waals surface area (Å²) in [6.07, 6.45) is 13.2. The average molecular weight is 432 g/mol. The van der Waals surface area contributed by atoms with Gasteiger partial charge in [-0.25, -0.2) is 9.78 Å². The summed E-state index contributed by atoms with van der Waals surface area (Å²) < 4.78 is 5.74. The lowest BCUT2D eigenvalue weighted by molar-refractivity contribution is -0.139. The van der Waals surface area contributed by atoms with Crippen molar-refractivity contribution in [2.45, 2.75) is 95.1 Å². The maximum Gasteiger partial charge on any atom is 0.417 e. The van der Waals surface area contributed by atoms with Crippen LogP contribution in [0.25, 0.3) is 0 Å². The molecule has 7 heteroatoms. The van der Waals surface area contributed by atoms with Gasteiger partial charge < -0.3 is 14.5 Å². The van der Waals surface area contributed by atoms with Crippen LogP contribution in [0.2, 0.25) is 0 Å². The Labute approximate surface area is 183 Å². The largest absolute Gasteiger partial charge is 0.417 e. The van der Waals surface area contributed by atoms with E-state index in [0.29, 0.717) is 29.8 Å². The fourth-order valence-electron chi connectivity index (χ4n) is 5.22. The van der Waals surface area contributed by atoms with E-state index < -0.39 is 0 Å². The highest BCUT2D eigenvalue weighted by Crippen LogP contribution is 2.37. The molecule has 3 saturated carbocycles. The average Bonchev–Trinajstić information content (AvgIpc) is 3.45. The summed E-state index contributed by atoms with van der Waals surface area (Å²) in [5.41, 5.74) is 0. The normalized spacial score (nSPS) is 23.8. The maximum atomic E-state index is 12.9. The van der Waals surface area contributed by atoms with Crippen LogP contribution < -0.4 is 4.74 Å². The van der Waals surface area contributed by atoms with Crippen molar-refractivity contribution in [1.29, 1.82) is 0 Å². The summed E-state index contributed by atoms with van der Waals surface area (Å²) in [7, 11) is 0. The second kappa shape index (κ2) is 8.85. The number of piperidine rings is 1. The van der Waals surface area contributed by atoms with Gasteiger partial charge in [0.15, 0.2) is 0 Å². The fourth-order valence-corrected chi connectivity index (χ4v) is 6.11. The highest BCUT2D eigenvalue weighted by atomic mass is 32.1. The topological polar surface area (TPSA) is 62.7 Å². The van der Waals surface area contributed by atoms with Gasteiger partial charge >= 0.3 is 6.09 Å². The van der Waals surface area contributed by atoms with Crippen LogP contribution in [0, 0.1) is 5.92 Å². The molecule has 6 nitrogen and oxygen atoms in total. The number of carbonyl (C=O) groups is 2. The van der Waals surface area contributed by atoms with Crippen LogP contribution >= 0.6 is 11.3 Å². The lowest BCUT2D eigenvalue weighted by Crippen LogP contribution is -2.44. The van der Waals surface area contributed by atoms with Crippen molar-refractivity contribution < 1.29 is 14.3 Å². The van der Waals surface area contributed by atoms with Crippen LogP contribution in [-0.4, -0.2) is 52.0 Å². The first-order valence-electron chi connectivity index (χ1n) is 11.9. The fraction of sp³-hybridized carbons (Fsp3) is 0.783. The predicted molar refractivity (Wildman–Crippen MR) is 116 cm³/mol. The van der Waals surface area contributed by atoms with E-state index in [0.717, 1.165) is 69.5 Å². The molecule has 4 fully saturated rings. The molecule has 0 N–H and O–H groups in total. The molecule has 1 saturated heterocycles. The molecule has 0 aromatic carbocycles. The second-order valence-electron chi connectivity index (χ2n) is 9.55. The number of thiazole rings is 1. The van der Waals surface area contributed by atoms with Crippen molar-refractivity contribution in [3.05, 3.63) is 10.4 Å². The van der Waals surface area contributed by atoms with E-state index in [4.69, 9.17) is 4.74 Å². The highest BCUT2D eigenvalue weighted by molar-refractivity contribution is 7.09. The Balaban J connectivity index is 1.15. The smallest absolute Gasteiger partial charge is 0.390 e. The zero-order chi connectivity index (χ0) is 20.5. The quantitative estimate of drug-likeness (QED) is 0.662. The summed E-state index contributed by atoms with van der Waals surface area (Å²) in [6, 6.07) is 0.714. The Morgan fingerprint density at radius 2 is 1.63 bits per heavy atom. The van der Waals surface area contributed by atoms with E-state index in [2.05, 4.69) is 4.98 Å². The molecular formula is C23H33N3O3S. The molecule has 1 aromatic rings. The van der Waals surface area contributed by atoms with Gasteiger partial charge in [0.2, 0.25) is 11.8 Å². The van der Waals surface area contributed by atoms with E-state index in [-0.39, 0.29) is 12.0 Å². The first-order valence-corrected chi connectivity index (χ1v) is 12.8. The Morgan fingerprint density at radius 1 is 0.933 bits per heavy atom. The lowest BCUT2D eigenvalue weighted by atomic mass is 9.83. The summed E-state index contributed by atoms with van der Waals surface area (Å²) >= 11 is 1.59. The third kappa shape index (κ3) is 4.36. The summed E-state index contributed by atoms with van der Waals surface area (Å²) in [6.45, 7) is 1.65. The van der Waals surface area contributed by atoms with Gasteiger partial charge in [0.25, 0.3) is 0 Å². The van der Waals surface area contributed by atoms with Crippen LogP contribution in [0.15, 0.2) is 5.38 Å². The van der Waals surface area contributed by atoms with Gasteiger partial charge in [-0.05, 0) is 51.4 Å². The van der Waals surface area contributed by atoms with Crippen molar-refractivity contribution in [3.63, 3.8) is 0 Å². The molecular weight excluding hydrogens is 398 g/mol. The molecule has 0 unspecified atom stereocenters. The van der Waals surface area contributed by atoms with Gasteiger partial charge in [0, 0.05) is 37.0 Å². The molecule has 1 aromatic heterocycles. The number of likely N-dealkylation sites (tertiary alicyclic amines) is 1. The summed E-state index contributed by atoms with van der Waals surface area (Å²) in [5, 5.41) is 2.93. The van der Waals surface area contributed by atoms with Gasteiger partial charge in [-0.1, -0.05) is 25.7 Å². The number of ether oxygens (including phenoxy) is 1. The van der Waals surface area contributed by atoms with Gasteiger partial charge in [0.05, 0.1) is 10.4 Å². The van der Waals surface area contributed by atoms with Gasteiger partial charge in [0.1, 0.15) is 0 Å². The molecule has 0 spiro atoms.